The number of nitrogens with one attached hydrogen (secondary N) is 1. The first-order valence-electron chi connectivity index (χ1n) is 5.10. The summed E-state index contributed by atoms with van der Waals surface area (Å²) in [5.74, 6) is 0. The quantitative estimate of drug-likeness (QED) is 0.526. The van der Waals surface area contributed by atoms with Crippen molar-refractivity contribution in [1.29, 1.82) is 0 Å². The third kappa shape index (κ3) is 1.59. The SMILES string of the molecule is CSc1ccc2c(n1)c(=O)[nH]c1cnccc12. The fraction of sp³-hybridized carbons (Fsp3) is 0.0833. The van der Waals surface area contributed by atoms with Crippen LogP contribution in [0, 0.1) is 0 Å². The van der Waals surface area contributed by atoms with Crippen molar-refractivity contribution in [3.63, 3.8) is 0 Å². The summed E-state index contributed by atoms with van der Waals surface area (Å²) in [5.41, 5.74) is 1.05. The van der Waals surface area contributed by atoms with Gasteiger partial charge in [-0.05, 0) is 24.5 Å². The lowest BCUT2D eigenvalue weighted by Gasteiger charge is -2.03. The number of hydrogen-bond donors (Lipinski definition) is 1. The van der Waals surface area contributed by atoms with Crippen LogP contribution in [0.25, 0.3) is 21.8 Å². The number of rotatable bonds is 1. The van der Waals surface area contributed by atoms with Crippen LogP contribution >= 0.6 is 11.8 Å². The smallest absolute Gasteiger partial charge is 0.275 e. The minimum Gasteiger partial charge on any atom is -0.319 e. The van der Waals surface area contributed by atoms with Crippen LogP contribution in [0.3, 0.4) is 0 Å². The van der Waals surface area contributed by atoms with Crippen LogP contribution in [0.1, 0.15) is 0 Å². The van der Waals surface area contributed by atoms with Crippen molar-refractivity contribution in [3.8, 4) is 0 Å². The molecule has 0 radical (unpaired) electrons. The maximum Gasteiger partial charge on any atom is 0.275 e. The van der Waals surface area contributed by atoms with E-state index in [1.807, 2.05) is 24.5 Å². The van der Waals surface area contributed by atoms with Gasteiger partial charge in [-0.2, -0.15) is 0 Å². The third-order valence-corrected chi connectivity index (χ3v) is 3.30. The van der Waals surface area contributed by atoms with Crippen molar-refractivity contribution >= 4 is 33.6 Å². The highest BCUT2D eigenvalue weighted by atomic mass is 32.2. The van der Waals surface area contributed by atoms with Gasteiger partial charge in [0.1, 0.15) is 5.52 Å². The van der Waals surface area contributed by atoms with Gasteiger partial charge in [0.2, 0.25) is 0 Å². The van der Waals surface area contributed by atoms with Gasteiger partial charge in [-0.15, -0.1) is 11.8 Å². The van der Waals surface area contributed by atoms with Crippen LogP contribution in [0.4, 0.5) is 0 Å². The Hall–Kier alpha value is -1.88. The lowest BCUT2D eigenvalue weighted by Crippen LogP contribution is -2.08. The van der Waals surface area contributed by atoms with E-state index in [1.165, 1.54) is 11.8 Å². The molecular formula is C12H9N3OS. The van der Waals surface area contributed by atoms with Gasteiger partial charge < -0.3 is 4.98 Å². The summed E-state index contributed by atoms with van der Waals surface area (Å²) in [6.45, 7) is 0. The van der Waals surface area contributed by atoms with Crippen molar-refractivity contribution < 1.29 is 0 Å². The summed E-state index contributed by atoms with van der Waals surface area (Å²) < 4.78 is 0. The Balaban J connectivity index is 2.54. The van der Waals surface area contributed by atoms with Crippen molar-refractivity contribution in [2.75, 3.05) is 6.26 Å². The number of aromatic amines is 1. The van der Waals surface area contributed by atoms with E-state index >= 15 is 0 Å². The molecule has 17 heavy (non-hydrogen) atoms. The average Bonchev–Trinajstić information content (AvgIpc) is 2.38. The van der Waals surface area contributed by atoms with Gasteiger partial charge in [-0.25, -0.2) is 4.98 Å². The van der Waals surface area contributed by atoms with Gasteiger partial charge in [0.25, 0.3) is 5.56 Å². The van der Waals surface area contributed by atoms with Crippen LogP contribution in [0.15, 0.2) is 40.4 Å². The molecule has 3 aromatic rings. The Morgan fingerprint density at radius 3 is 2.94 bits per heavy atom. The van der Waals surface area contributed by atoms with Crippen molar-refractivity contribution in [2.45, 2.75) is 5.03 Å². The molecule has 0 amide bonds. The van der Waals surface area contributed by atoms with Gasteiger partial charge >= 0.3 is 0 Å². The highest BCUT2D eigenvalue weighted by Gasteiger charge is 2.06. The second kappa shape index (κ2) is 3.85. The molecule has 84 valence electrons. The highest BCUT2D eigenvalue weighted by Crippen LogP contribution is 2.21. The monoisotopic (exact) mass is 243 g/mol. The maximum atomic E-state index is 11.9. The Morgan fingerprint density at radius 2 is 2.12 bits per heavy atom. The van der Waals surface area contributed by atoms with Gasteiger partial charge in [-0.3, -0.25) is 9.78 Å². The van der Waals surface area contributed by atoms with E-state index in [0.717, 1.165) is 21.3 Å². The standard InChI is InChI=1S/C12H9N3OS/c1-17-10-3-2-8-7-4-5-13-6-9(7)14-12(16)11(8)15-10/h2-6H,1H3,(H,14,16). The maximum absolute atomic E-state index is 11.9. The molecular weight excluding hydrogens is 234 g/mol. The third-order valence-electron chi connectivity index (χ3n) is 2.65. The second-order valence-electron chi connectivity index (χ2n) is 3.63. The minimum absolute atomic E-state index is 0.170. The zero-order valence-electron chi connectivity index (χ0n) is 9.10. The summed E-state index contributed by atoms with van der Waals surface area (Å²) in [5, 5.41) is 2.68. The number of H-pyrrole nitrogens is 1. The van der Waals surface area contributed by atoms with E-state index < -0.39 is 0 Å². The summed E-state index contributed by atoms with van der Waals surface area (Å²) in [7, 11) is 0. The molecule has 1 N–H and O–H groups in total. The van der Waals surface area contributed by atoms with Gasteiger partial charge in [-0.1, -0.05) is 0 Å². The molecule has 0 aliphatic rings. The number of fused-ring (bicyclic) bond motifs is 3. The molecule has 0 bridgehead atoms. The molecule has 0 spiro atoms. The number of pyridine rings is 3. The molecule has 3 rings (SSSR count). The van der Waals surface area contributed by atoms with E-state index in [1.54, 1.807) is 12.4 Å². The molecule has 5 heteroatoms. The lowest BCUT2D eigenvalue weighted by molar-refractivity contribution is 1.16. The summed E-state index contributed by atoms with van der Waals surface area (Å²) in [6.07, 6.45) is 5.30. The Kier molecular flexibility index (Phi) is 2.33. The second-order valence-corrected chi connectivity index (χ2v) is 4.45. The zero-order chi connectivity index (χ0) is 11.8. The van der Waals surface area contributed by atoms with Gasteiger partial charge in [0.05, 0.1) is 16.7 Å². The van der Waals surface area contributed by atoms with E-state index in [4.69, 9.17) is 0 Å². The van der Waals surface area contributed by atoms with Crippen molar-refractivity contribution in [2.24, 2.45) is 0 Å². The molecule has 0 saturated heterocycles. The van der Waals surface area contributed by atoms with Crippen LogP contribution in [0.2, 0.25) is 0 Å². The lowest BCUT2D eigenvalue weighted by atomic mass is 10.1. The number of nitrogens with zero attached hydrogens (tertiary/aromatic N) is 2. The predicted molar refractivity (Wildman–Crippen MR) is 69.4 cm³/mol. The van der Waals surface area contributed by atoms with Crippen LogP contribution < -0.4 is 5.56 Å². The van der Waals surface area contributed by atoms with E-state index in [2.05, 4.69) is 15.0 Å². The summed E-state index contributed by atoms with van der Waals surface area (Å²) >= 11 is 1.52. The number of aromatic nitrogens is 3. The molecule has 0 aliphatic heterocycles. The molecule has 0 aliphatic carbocycles. The molecule has 3 heterocycles. The number of thioether (sulfide) groups is 1. The predicted octanol–water partition coefficient (Wildman–Crippen LogP) is 2.19. The van der Waals surface area contributed by atoms with Crippen molar-refractivity contribution in [1.82, 2.24) is 15.0 Å². The van der Waals surface area contributed by atoms with Gasteiger partial charge in [0.15, 0.2) is 0 Å². The summed E-state index contributed by atoms with van der Waals surface area (Å²) in [4.78, 5) is 23.0. The van der Waals surface area contributed by atoms with Gasteiger partial charge in [0, 0.05) is 17.0 Å². The Bertz CT molecular complexity index is 766. The van der Waals surface area contributed by atoms with Crippen LogP contribution in [-0.4, -0.2) is 21.2 Å². The molecule has 4 nitrogen and oxygen atoms in total. The first-order chi connectivity index (χ1) is 8.29. The molecule has 0 aromatic carbocycles. The molecule has 0 fully saturated rings. The van der Waals surface area contributed by atoms with Crippen LogP contribution in [0.5, 0.6) is 0 Å². The first-order valence-corrected chi connectivity index (χ1v) is 6.33. The zero-order valence-corrected chi connectivity index (χ0v) is 9.91. The average molecular weight is 243 g/mol. The highest BCUT2D eigenvalue weighted by molar-refractivity contribution is 7.98. The minimum atomic E-state index is -0.170. The molecule has 0 saturated carbocycles. The Labute approximate surface area is 101 Å². The molecule has 0 atom stereocenters. The fourth-order valence-corrected chi connectivity index (χ4v) is 2.24. The van der Waals surface area contributed by atoms with Crippen molar-refractivity contribution in [3.05, 3.63) is 40.9 Å². The number of hydrogen-bond acceptors (Lipinski definition) is 4. The largest absolute Gasteiger partial charge is 0.319 e. The van der Waals surface area contributed by atoms with E-state index in [0.29, 0.717) is 5.52 Å². The molecule has 0 unspecified atom stereocenters. The van der Waals surface area contributed by atoms with E-state index in [9.17, 15) is 4.79 Å². The topological polar surface area (TPSA) is 58.6 Å². The van der Waals surface area contributed by atoms with E-state index in [-0.39, 0.29) is 5.56 Å². The first kappa shape index (κ1) is 10.3. The normalized spacial score (nSPS) is 11.1. The summed E-state index contributed by atoms with van der Waals surface area (Å²) in [6, 6.07) is 5.74. The van der Waals surface area contributed by atoms with Crippen LogP contribution in [-0.2, 0) is 0 Å². The Morgan fingerprint density at radius 1 is 1.24 bits per heavy atom. The fourth-order valence-electron chi connectivity index (χ4n) is 1.86. The molecule has 3 aromatic heterocycles.